The molecule has 1 nitrogen and oxygen atoms in total. The molecule has 0 spiro atoms. The first-order valence-corrected chi connectivity index (χ1v) is 15.5. The van der Waals surface area contributed by atoms with E-state index in [1.54, 1.807) is 51.4 Å². The first-order chi connectivity index (χ1) is 10.1. The number of fused-ring (bicyclic) bond motifs is 6. The van der Waals surface area contributed by atoms with Crippen molar-refractivity contribution in [1.29, 1.82) is 0 Å². The van der Waals surface area contributed by atoms with Gasteiger partial charge in [-0.25, -0.2) is 0 Å². The van der Waals surface area contributed by atoms with E-state index in [4.69, 9.17) is 0 Å². The van der Waals surface area contributed by atoms with Crippen molar-refractivity contribution < 1.29 is 0 Å². The highest BCUT2D eigenvalue weighted by atomic mass is 31.4. The lowest BCUT2D eigenvalue weighted by atomic mass is 9.70. The van der Waals surface area contributed by atoms with Crippen LogP contribution in [0.15, 0.2) is 0 Å². The number of hydrogen-bond acceptors (Lipinski definition) is 1. The number of rotatable bonds is 1. The summed E-state index contributed by atoms with van der Waals surface area (Å²) in [5.74, 6) is 4.72. The lowest BCUT2D eigenvalue weighted by Crippen LogP contribution is -2.66. The molecule has 5 rings (SSSR count). The summed E-state index contributed by atoms with van der Waals surface area (Å²) in [5, 5.41) is 0. The van der Waals surface area contributed by atoms with Crippen molar-refractivity contribution in [1.82, 2.24) is 4.98 Å². The van der Waals surface area contributed by atoms with E-state index in [9.17, 15) is 0 Å². The normalized spacial score (nSPS) is 64.4. The van der Waals surface area contributed by atoms with Gasteiger partial charge in [-0.1, -0.05) is 19.3 Å². The smallest absolute Gasteiger partial charge is 0.308 e. The first kappa shape index (κ1) is 14.0. The summed E-state index contributed by atoms with van der Waals surface area (Å²) in [4.78, 5) is 4.07. The molecule has 3 aliphatic carbocycles. The Morgan fingerprint density at radius 2 is 1.52 bits per heavy atom. The summed E-state index contributed by atoms with van der Waals surface area (Å²) in [6.45, 7) is 5.02. The topological polar surface area (TPSA) is 12.0 Å². The zero-order valence-corrected chi connectivity index (χ0v) is 16.0. The molecule has 2 aliphatic heterocycles. The highest BCUT2D eigenvalue weighted by molar-refractivity contribution is 8.11. The van der Waals surface area contributed by atoms with Crippen LogP contribution in [0, 0.1) is 23.7 Å². The second kappa shape index (κ2) is 4.36. The Morgan fingerprint density at radius 1 is 0.905 bits per heavy atom. The Kier molecular flexibility index (Phi) is 2.91. The third-order valence-corrected chi connectivity index (χ3v) is 28.1. The van der Waals surface area contributed by atoms with Crippen LogP contribution in [0.1, 0.15) is 51.4 Å². The summed E-state index contributed by atoms with van der Waals surface area (Å²) in [7, 11) is 1.19. The average molecular weight is 323 g/mol. The minimum Gasteiger partial charge on any atom is -0.308 e. The summed E-state index contributed by atoms with van der Waals surface area (Å²) < 4.78 is 0. The molecular weight excluding hydrogens is 289 g/mol. The van der Waals surface area contributed by atoms with Crippen molar-refractivity contribution in [3.05, 3.63) is 0 Å². The predicted octanol–water partition coefficient (Wildman–Crippen LogP) is 4.69. The maximum atomic E-state index is 4.07. The Balaban J connectivity index is 1.63. The van der Waals surface area contributed by atoms with Crippen molar-refractivity contribution in [2.75, 3.05) is 13.7 Å². The van der Waals surface area contributed by atoms with E-state index in [1.807, 2.05) is 0 Å². The van der Waals surface area contributed by atoms with Gasteiger partial charge in [-0.2, -0.15) is 0 Å². The third kappa shape index (κ3) is 1.35. The van der Waals surface area contributed by atoms with Gasteiger partial charge in [-0.05, 0) is 64.3 Å². The molecule has 0 radical (unpaired) electrons. The molecule has 2 heterocycles. The first-order valence-electron chi connectivity index (χ1n) is 9.69. The van der Waals surface area contributed by atoms with Crippen LogP contribution >= 0.6 is 6.81 Å². The van der Waals surface area contributed by atoms with E-state index in [0.29, 0.717) is 0 Å². The Labute approximate surface area is 132 Å². The van der Waals surface area contributed by atoms with Gasteiger partial charge in [0.25, 0.3) is 0 Å². The molecule has 21 heavy (non-hydrogen) atoms. The van der Waals surface area contributed by atoms with Gasteiger partial charge in [-0.15, -0.1) is 0 Å². The largest absolute Gasteiger partial charge is 0.309 e. The average Bonchev–Trinajstić information content (AvgIpc) is 2.97. The van der Waals surface area contributed by atoms with Crippen LogP contribution in [0.5, 0.6) is 0 Å². The van der Waals surface area contributed by atoms with Gasteiger partial charge in [0.05, 0.1) is 11.3 Å². The summed E-state index contributed by atoms with van der Waals surface area (Å²) >= 11 is 0. The van der Waals surface area contributed by atoms with Crippen molar-refractivity contribution in [2.24, 2.45) is 23.7 Å². The van der Waals surface area contributed by atoms with Gasteiger partial charge in [0.15, 0.2) is 0 Å². The summed E-state index contributed by atoms with van der Waals surface area (Å²) in [6.07, 6.45) is 12.7. The SMILES string of the molecule is CN[Si]1(C)C2C3CCCCC3C3C4CCCCC4[P+]1(C)C32. The fraction of sp³-hybridized carbons (Fsp3) is 1.00. The molecule has 0 aromatic rings. The van der Waals surface area contributed by atoms with Crippen molar-refractivity contribution in [3.63, 3.8) is 0 Å². The maximum absolute atomic E-state index is 4.07. The van der Waals surface area contributed by atoms with Crippen LogP contribution in [0.4, 0.5) is 0 Å². The van der Waals surface area contributed by atoms with E-state index in [2.05, 4.69) is 25.2 Å². The molecule has 9 atom stereocenters. The van der Waals surface area contributed by atoms with E-state index in [1.165, 1.54) is 34.6 Å². The monoisotopic (exact) mass is 322 g/mol. The predicted molar refractivity (Wildman–Crippen MR) is 95.7 cm³/mol. The molecule has 5 fully saturated rings. The summed E-state index contributed by atoms with van der Waals surface area (Å²) in [5.41, 5.74) is 3.66. The van der Waals surface area contributed by atoms with Gasteiger partial charge in [-0.3, -0.25) is 0 Å². The third-order valence-electron chi connectivity index (χ3n) is 9.33. The van der Waals surface area contributed by atoms with Gasteiger partial charge in [0, 0.05) is 24.0 Å². The molecule has 5 aliphatic rings. The summed E-state index contributed by atoms with van der Waals surface area (Å²) in [6, 6.07) is 0. The fourth-order valence-corrected chi connectivity index (χ4v) is 28.9. The van der Waals surface area contributed by atoms with E-state index < -0.39 is 14.7 Å². The van der Waals surface area contributed by atoms with Gasteiger partial charge >= 0.3 is 7.90 Å². The fourth-order valence-electron chi connectivity index (χ4n) is 8.65. The van der Waals surface area contributed by atoms with E-state index in [0.717, 1.165) is 5.92 Å². The lowest BCUT2D eigenvalue weighted by molar-refractivity contribution is 0.163. The standard InChI is InChI=1S/C18H33NPSi/c1-19-21(3)18-13-9-5-4-8-12(13)16-14-10-6-7-11-15(14)20(21,2)17(16)18/h12-19H,4-11H2,1-3H3/q+1. The molecule has 9 unspecified atom stereocenters. The Hall–Kier alpha value is 0.607. The maximum Gasteiger partial charge on any atom is 0.309 e. The zero-order valence-electron chi connectivity index (χ0n) is 14.1. The molecule has 0 bridgehead atoms. The van der Waals surface area contributed by atoms with Crippen molar-refractivity contribution in [2.45, 2.75) is 74.8 Å². The highest BCUT2D eigenvalue weighted by Crippen LogP contribution is 2.96. The highest BCUT2D eigenvalue weighted by Gasteiger charge is 2.89. The van der Waals surface area contributed by atoms with Crippen molar-refractivity contribution >= 4 is 14.7 Å². The quantitative estimate of drug-likeness (QED) is 0.546. The minimum atomic E-state index is -1.17. The second-order valence-electron chi connectivity index (χ2n) is 9.27. The van der Waals surface area contributed by atoms with Crippen LogP contribution in [-0.2, 0) is 0 Å². The Morgan fingerprint density at radius 3 is 2.24 bits per heavy atom. The molecule has 3 heteroatoms. The molecule has 0 aromatic carbocycles. The number of hydrogen-bond donors (Lipinski definition) is 1. The molecular formula is C18H33NPSi+. The molecule has 0 aromatic heterocycles. The van der Waals surface area contributed by atoms with Crippen LogP contribution in [0.3, 0.4) is 0 Å². The van der Waals surface area contributed by atoms with Gasteiger partial charge in [0.2, 0.25) is 0 Å². The van der Waals surface area contributed by atoms with E-state index in [-0.39, 0.29) is 0 Å². The molecule has 3 saturated carbocycles. The lowest BCUT2D eigenvalue weighted by Gasteiger charge is -2.59. The van der Waals surface area contributed by atoms with Gasteiger partial charge in [0.1, 0.15) is 0 Å². The second-order valence-corrected chi connectivity index (χ2v) is 22.0. The molecule has 1 N–H and O–H groups in total. The molecule has 118 valence electrons. The van der Waals surface area contributed by atoms with Crippen LogP contribution in [0.2, 0.25) is 12.1 Å². The van der Waals surface area contributed by atoms with Crippen LogP contribution in [0.25, 0.3) is 0 Å². The van der Waals surface area contributed by atoms with E-state index >= 15 is 0 Å². The number of nitrogens with one attached hydrogen (secondary N) is 1. The Bertz CT molecular complexity index is 470. The molecule has 0 amide bonds. The van der Waals surface area contributed by atoms with Crippen LogP contribution in [-0.4, -0.2) is 32.9 Å². The van der Waals surface area contributed by atoms with Crippen LogP contribution < -0.4 is 4.98 Å². The van der Waals surface area contributed by atoms with Gasteiger partial charge < -0.3 is 4.98 Å². The van der Waals surface area contributed by atoms with Crippen molar-refractivity contribution in [3.8, 4) is 0 Å². The molecule has 2 saturated heterocycles. The minimum absolute atomic E-state index is 0.653. The zero-order chi connectivity index (χ0) is 14.4.